The summed E-state index contributed by atoms with van der Waals surface area (Å²) in [5.74, 6) is -2.94. The van der Waals surface area contributed by atoms with Gasteiger partial charge in [0.25, 0.3) is 5.56 Å². The first kappa shape index (κ1) is 21.9. The fourth-order valence-electron chi connectivity index (χ4n) is 2.30. The van der Waals surface area contributed by atoms with Gasteiger partial charge < -0.3 is 10.3 Å². The van der Waals surface area contributed by atoms with Crippen molar-refractivity contribution in [3.63, 3.8) is 0 Å². The Hall–Kier alpha value is -2.76. The molecule has 0 saturated heterocycles. The predicted octanol–water partition coefficient (Wildman–Crippen LogP) is 3.27. The molecule has 156 valence electrons. The lowest BCUT2D eigenvalue weighted by Crippen LogP contribution is -2.20. The van der Waals surface area contributed by atoms with Crippen molar-refractivity contribution in [2.75, 3.05) is 11.1 Å². The molecule has 3 rings (SSSR count). The van der Waals surface area contributed by atoms with Gasteiger partial charge in [0.05, 0.1) is 16.8 Å². The molecule has 0 aliphatic carbocycles. The fourth-order valence-corrected chi connectivity index (χ4v) is 4.47. The van der Waals surface area contributed by atoms with Gasteiger partial charge in [0.15, 0.2) is 21.7 Å². The number of nitrogens with zero attached hydrogens (tertiary/aromatic N) is 1. The van der Waals surface area contributed by atoms with Crippen LogP contribution < -0.4 is 10.9 Å². The van der Waals surface area contributed by atoms with Crippen molar-refractivity contribution in [2.45, 2.75) is 14.9 Å². The van der Waals surface area contributed by atoms with E-state index in [0.717, 1.165) is 30.1 Å². The zero-order valence-electron chi connectivity index (χ0n) is 14.9. The maximum Gasteiger partial charge on any atom is 0.270 e. The van der Waals surface area contributed by atoms with E-state index in [4.69, 9.17) is 11.6 Å². The second-order valence-electron chi connectivity index (χ2n) is 5.81. The maximum atomic E-state index is 13.2. The Labute approximate surface area is 178 Å². The quantitative estimate of drug-likeness (QED) is 0.422. The molecule has 1 amide bonds. The molecule has 0 saturated carbocycles. The molecule has 0 aliphatic heterocycles. The van der Waals surface area contributed by atoms with Crippen LogP contribution in [0.1, 0.15) is 0 Å². The van der Waals surface area contributed by atoms with Crippen LogP contribution in [0.4, 0.5) is 14.5 Å². The van der Waals surface area contributed by atoms with Gasteiger partial charge in [-0.25, -0.2) is 22.2 Å². The number of hydrogen-bond donors (Lipinski definition) is 2. The van der Waals surface area contributed by atoms with E-state index in [2.05, 4.69) is 15.3 Å². The van der Waals surface area contributed by atoms with Crippen molar-refractivity contribution >= 4 is 44.8 Å². The SMILES string of the molecule is O=C(CSc1ncc(S(=O)(=O)c2cccc(Cl)c2)c(=O)[nH]1)Nc1ccc(F)c(F)c1. The molecule has 0 spiro atoms. The van der Waals surface area contributed by atoms with Gasteiger partial charge in [-0.1, -0.05) is 29.4 Å². The number of anilines is 1. The van der Waals surface area contributed by atoms with Crippen LogP contribution in [0.5, 0.6) is 0 Å². The van der Waals surface area contributed by atoms with Gasteiger partial charge in [-0.15, -0.1) is 0 Å². The summed E-state index contributed by atoms with van der Waals surface area (Å²) >= 11 is 6.63. The Morgan fingerprint density at radius 3 is 2.60 bits per heavy atom. The van der Waals surface area contributed by atoms with Crippen LogP contribution in [0, 0.1) is 11.6 Å². The van der Waals surface area contributed by atoms with Gasteiger partial charge in [-0.05, 0) is 30.3 Å². The molecule has 0 fully saturated rings. The molecule has 2 aromatic carbocycles. The van der Waals surface area contributed by atoms with E-state index in [1.165, 1.54) is 30.3 Å². The van der Waals surface area contributed by atoms with Crippen molar-refractivity contribution < 1.29 is 22.0 Å². The largest absolute Gasteiger partial charge is 0.325 e. The number of amides is 1. The second-order valence-corrected chi connectivity index (χ2v) is 9.13. The number of nitrogens with one attached hydrogen (secondary N) is 2. The number of halogens is 3. The summed E-state index contributed by atoms with van der Waals surface area (Å²) in [4.78, 5) is 29.6. The Balaban J connectivity index is 1.70. The molecule has 0 bridgehead atoms. The van der Waals surface area contributed by atoms with E-state index in [1.54, 1.807) is 0 Å². The highest BCUT2D eigenvalue weighted by molar-refractivity contribution is 7.99. The Morgan fingerprint density at radius 1 is 1.17 bits per heavy atom. The van der Waals surface area contributed by atoms with Crippen LogP contribution in [-0.4, -0.2) is 30.0 Å². The number of benzene rings is 2. The summed E-state index contributed by atoms with van der Waals surface area (Å²) in [6.07, 6.45) is 0.894. The highest BCUT2D eigenvalue weighted by atomic mass is 35.5. The molecular formula is C18H12ClF2N3O4S2. The van der Waals surface area contributed by atoms with E-state index < -0.39 is 37.8 Å². The number of hydrogen-bond acceptors (Lipinski definition) is 6. The van der Waals surface area contributed by atoms with Crippen LogP contribution >= 0.6 is 23.4 Å². The molecule has 0 unspecified atom stereocenters. The van der Waals surface area contributed by atoms with Crippen LogP contribution in [0.15, 0.2) is 68.4 Å². The summed E-state index contributed by atoms with van der Waals surface area (Å²) in [7, 11) is -4.13. The summed E-state index contributed by atoms with van der Waals surface area (Å²) < 4.78 is 51.3. The second kappa shape index (κ2) is 8.94. The lowest BCUT2D eigenvalue weighted by atomic mass is 10.3. The molecule has 7 nitrogen and oxygen atoms in total. The number of H-pyrrole nitrogens is 1. The molecular weight excluding hydrogens is 460 g/mol. The molecule has 1 heterocycles. The smallest absolute Gasteiger partial charge is 0.270 e. The standard InChI is InChI=1S/C18H12ClF2N3O4S2/c19-10-2-1-3-12(6-10)30(27,28)15-8-22-18(24-17(15)26)29-9-16(25)23-11-4-5-13(20)14(21)7-11/h1-8H,9H2,(H,23,25)(H,22,24,26). The van der Waals surface area contributed by atoms with Gasteiger partial charge in [0.2, 0.25) is 15.7 Å². The number of aromatic amines is 1. The average molecular weight is 472 g/mol. The summed E-state index contributed by atoms with van der Waals surface area (Å²) in [6, 6.07) is 8.33. The van der Waals surface area contributed by atoms with Gasteiger partial charge >= 0.3 is 0 Å². The molecule has 30 heavy (non-hydrogen) atoms. The Bertz CT molecular complexity index is 1280. The molecule has 0 radical (unpaired) electrons. The highest BCUT2D eigenvalue weighted by Crippen LogP contribution is 2.21. The first-order chi connectivity index (χ1) is 14.2. The van der Waals surface area contributed by atoms with Crippen molar-refractivity contribution in [3.8, 4) is 0 Å². The van der Waals surface area contributed by atoms with Crippen LogP contribution in [0.2, 0.25) is 5.02 Å². The molecule has 0 aliphatic rings. The van der Waals surface area contributed by atoms with Crippen LogP contribution in [0.3, 0.4) is 0 Å². The Morgan fingerprint density at radius 2 is 1.93 bits per heavy atom. The minimum Gasteiger partial charge on any atom is -0.325 e. The first-order valence-corrected chi connectivity index (χ1v) is 11.0. The number of sulfone groups is 1. The van der Waals surface area contributed by atoms with Crippen molar-refractivity contribution in [1.82, 2.24) is 9.97 Å². The van der Waals surface area contributed by atoms with E-state index in [0.29, 0.717) is 0 Å². The number of thioether (sulfide) groups is 1. The third kappa shape index (κ3) is 5.04. The van der Waals surface area contributed by atoms with E-state index in [1.807, 2.05) is 0 Å². The number of carbonyl (C=O) groups is 1. The third-order valence-corrected chi connectivity index (χ3v) is 6.55. The van der Waals surface area contributed by atoms with E-state index in [-0.39, 0.29) is 26.5 Å². The molecule has 12 heteroatoms. The minimum absolute atomic E-state index is 0.00507. The normalized spacial score (nSPS) is 11.3. The number of rotatable bonds is 6. The number of aromatic nitrogens is 2. The summed E-state index contributed by atoms with van der Waals surface area (Å²) in [6.45, 7) is 0. The summed E-state index contributed by atoms with van der Waals surface area (Å²) in [5.41, 5.74) is -0.850. The molecule has 1 aromatic heterocycles. The minimum atomic E-state index is -4.13. The van der Waals surface area contributed by atoms with E-state index in [9.17, 15) is 26.8 Å². The molecule has 3 aromatic rings. The van der Waals surface area contributed by atoms with Gasteiger partial charge in [0, 0.05) is 16.8 Å². The van der Waals surface area contributed by atoms with Crippen molar-refractivity contribution in [2.24, 2.45) is 0 Å². The van der Waals surface area contributed by atoms with E-state index >= 15 is 0 Å². The van der Waals surface area contributed by atoms with Gasteiger partial charge in [0.1, 0.15) is 0 Å². The van der Waals surface area contributed by atoms with Crippen molar-refractivity contribution in [1.29, 1.82) is 0 Å². The lowest BCUT2D eigenvalue weighted by Gasteiger charge is -2.07. The zero-order chi connectivity index (χ0) is 21.9. The predicted molar refractivity (Wildman–Crippen MR) is 107 cm³/mol. The number of carbonyl (C=O) groups excluding carboxylic acids is 1. The first-order valence-electron chi connectivity index (χ1n) is 8.14. The monoisotopic (exact) mass is 471 g/mol. The topological polar surface area (TPSA) is 109 Å². The lowest BCUT2D eigenvalue weighted by molar-refractivity contribution is -0.113. The van der Waals surface area contributed by atoms with Gasteiger partial charge in [-0.2, -0.15) is 0 Å². The maximum absolute atomic E-state index is 13.2. The fraction of sp³-hybridized carbons (Fsp3) is 0.0556. The van der Waals surface area contributed by atoms with Crippen LogP contribution in [0.25, 0.3) is 0 Å². The average Bonchev–Trinajstić information content (AvgIpc) is 2.69. The molecule has 0 atom stereocenters. The zero-order valence-corrected chi connectivity index (χ0v) is 17.2. The van der Waals surface area contributed by atoms with Gasteiger partial charge in [-0.3, -0.25) is 9.59 Å². The molecule has 2 N–H and O–H groups in total. The highest BCUT2D eigenvalue weighted by Gasteiger charge is 2.22. The summed E-state index contributed by atoms with van der Waals surface area (Å²) in [5, 5.41) is 2.56. The van der Waals surface area contributed by atoms with Crippen molar-refractivity contribution in [3.05, 3.63) is 75.7 Å². The Kier molecular flexibility index (Phi) is 6.54. The van der Waals surface area contributed by atoms with Crippen LogP contribution in [-0.2, 0) is 14.6 Å². The third-order valence-electron chi connectivity index (χ3n) is 3.68.